The fourth-order valence-electron chi connectivity index (χ4n) is 2.31. The average Bonchev–Trinajstić information content (AvgIpc) is 2.75. The molecule has 3 rings (SSSR count). The number of aryl methyl sites for hydroxylation is 1. The van der Waals surface area contributed by atoms with Gasteiger partial charge in [-0.1, -0.05) is 12.1 Å². The van der Waals surface area contributed by atoms with Gasteiger partial charge in [-0.05, 0) is 30.3 Å². The summed E-state index contributed by atoms with van der Waals surface area (Å²) < 4.78 is 40.0. The van der Waals surface area contributed by atoms with Crippen molar-refractivity contribution >= 4 is 16.7 Å². The van der Waals surface area contributed by atoms with E-state index in [0.717, 1.165) is 17.7 Å². The molecule has 3 nitrogen and oxygen atoms in total. The number of benzene rings is 2. The van der Waals surface area contributed by atoms with Gasteiger partial charge in [-0.2, -0.15) is 13.2 Å². The van der Waals surface area contributed by atoms with Crippen molar-refractivity contribution in [3.05, 3.63) is 48.0 Å². The van der Waals surface area contributed by atoms with E-state index in [4.69, 9.17) is 5.73 Å². The summed E-state index contributed by atoms with van der Waals surface area (Å²) in [6, 6.07) is 10.6. The van der Waals surface area contributed by atoms with Crippen LogP contribution in [0.1, 0.15) is 5.56 Å². The van der Waals surface area contributed by atoms with E-state index >= 15 is 0 Å². The zero-order chi connectivity index (χ0) is 15.2. The monoisotopic (exact) mass is 291 g/mol. The van der Waals surface area contributed by atoms with Gasteiger partial charge in [-0.3, -0.25) is 0 Å². The molecule has 0 unspecified atom stereocenters. The molecular formula is C15H12F3N3. The predicted octanol–water partition coefficient (Wildman–Crippen LogP) is 3.84. The zero-order valence-electron chi connectivity index (χ0n) is 11.1. The number of nitrogens with two attached hydrogens (primary N) is 1. The first-order valence-electron chi connectivity index (χ1n) is 6.26. The summed E-state index contributed by atoms with van der Waals surface area (Å²) >= 11 is 0. The molecule has 21 heavy (non-hydrogen) atoms. The Morgan fingerprint density at radius 1 is 1.10 bits per heavy atom. The molecule has 108 valence electrons. The van der Waals surface area contributed by atoms with Crippen molar-refractivity contribution < 1.29 is 13.2 Å². The molecule has 0 spiro atoms. The van der Waals surface area contributed by atoms with Crippen LogP contribution in [0.15, 0.2) is 42.5 Å². The van der Waals surface area contributed by atoms with E-state index in [2.05, 4.69) is 4.98 Å². The van der Waals surface area contributed by atoms with E-state index in [1.165, 1.54) is 6.07 Å². The molecule has 0 saturated heterocycles. The normalized spacial score (nSPS) is 12.0. The van der Waals surface area contributed by atoms with Gasteiger partial charge in [0.25, 0.3) is 0 Å². The first kappa shape index (κ1) is 13.5. The Bertz CT molecular complexity index is 819. The molecule has 2 N–H and O–H groups in total. The maximum absolute atomic E-state index is 12.7. The van der Waals surface area contributed by atoms with E-state index in [9.17, 15) is 13.2 Å². The van der Waals surface area contributed by atoms with Crippen LogP contribution in [0.2, 0.25) is 0 Å². The third-order valence-electron chi connectivity index (χ3n) is 3.35. The molecule has 0 bridgehead atoms. The molecule has 3 aromatic rings. The van der Waals surface area contributed by atoms with Gasteiger partial charge in [0.2, 0.25) is 0 Å². The fraction of sp³-hybridized carbons (Fsp3) is 0.133. The molecule has 6 heteroatoms. The topological polar surface area (TPSA) is 43.8 Å². The van der Waals surface area contributed by atoms with E-state index in [-0.39, 0.29) is 0 Å². The average molecular weight is 291 g/mol. The van der Waals surface area contributed by atoms with Crippen LogP contribution in [0.3, 0.4) is 0 Å². The maximum atomic E-state index is 12.7. The summed E-state index contributed by atoms with van der Waals surface area (Å²) in [6.45, 7) is 0. The SMILES string of the molecule is Cn1c(-c2cccc(N)c2)nc2cc(C(F)(F)F)ccc21. The van der Waals surface area contributed by atoms with Crippen LogP contribution in [0, 0.1) is 0 Å². The van der Waals surface area contributed by atoms with Crippen molar-refractivity contribution in [1.82, 2.24) is 9.55 Å². The van der Waals surface area contributed by atoms with Crippen LogP contribution >= 0.6 is 0 Å². The summed E-state index contributed by atoms with van der Waals surface area (Å²) in [6.07, 6.45) is -4.37. The highest BCUT2D eigenvalue weighted by Gasteiger charge is 2.31. The van der Waals surface area contributed by atoms with E-state index in [1.54, 1.807) is 29.8 Å². The summed E-state index contributed by atoms with van der Waals surface area (Å²) in [5.74, 6) is 0.580. The Balaban J connectivity index is 2.20. The molecule has 0 aliphatic heterocycles. The number of halogens is 3. The van der Waals surface area contributed by atoms with Gasteiger partial charge in [0.1, 0.15) is 5.82 Å². The largest absolute Gasteiger partial charge is 0.416 e. The number of hydrogen-bond donors (Lipinski definition) is 1. The lowest BCUT2D eigenvalue weighted by Crippen LogP contribution is -2.04. The van der Waals surface area contributed by atoms with Gasteiger partial charge in [0, 0.05) is 18.3 Å². The molecule has 0 aliphatic rings. The lowest BCUT2D eigenvalue weighted by Gasteiger charge is -2.06. The highest BCUT2D eigenvalue weighted by atomic mass is 19.4. The van der Waals surface area contributed by atoms with Gasteiger partial charge in [-0.15, -0.1) is 0 Å². The van der Waals surface area contributed by atoms with Crippen molar-refractivity contribution in [2.45, 2.75) is 6.18 Å². The molecule has 1 aromatic heterocycles. The predicted molar refractivity (Wildman–Crippen MR) is 75.6 cm³/mol. The van der Waals surface area contributed by atoms with E-state index in [1.807, 2.05) is 6.07 Å². The molecule has 0 aliphatic carbocycles. The van der Waals surface area contributed by atoms with Crippen molar-refractivity contribution in [2.75, 3.05) is 5.73 Å². The highest BCUT2D eigenvalue weighted by Crippen LogP contribution is 2.32. The van der Waals surface area contributed by atoms with Gasteiger partial charge < -0.3 is 10.3 Å². The number of nitrogens with zero attached hydrogens (tertiary/aromatic N) is 2. The second-order valence-corrected chi connectivity index (χ2v) is 4.82. The van der Waals surface area contributed by atoms with Crippen molar-refractivity contribution in [3.8, 4) is 11.4 Å². The lowest BCUT2D eigenvalue weighted by molar-refractivity contribution is -0.137. The Labute approximate surface area is 118 Å². The van der Waals surface area contributed by atoms with E-state index < -0.39 is 11.7 Å². The van der Waals surface area contributed by atoms with Crippen LogP contribution in [0.25, 0.3) is 22.4 Å². The van der Waals surface area contributed by atoms with Crippen molar-refractivity contribution in [3.63, 3.8) is 0 Å². The summed E-state index contributed by atoms with van der Waals surface area (Å²) in [7, 11) is 1.76. The molecule has 0 radical (unpaired) electrons. The summed E-state index contributed by atoms with van der Waals surface area (Å²) in [5, 5.41) is 0. The fourth-order valence-corrected chi connectivity index (χ4v) is 2.31. The number of fused-ring (bicyclic) bond motifs is 1. The van der Waals surface area contributed by atoms with Crippen LogP contribution in [0.4, 0.5) is 18.9 Å². The van der Waals surface area contributed by atoms with Gasteiger partial charge in [0.05, 0.1) is 16.6 Å². The quantitative estimate of drug-likeness (QED) is 0.692. The number of nitrogen functional groups attached to an aromatic ring is 1. The minimum atomic E-state index is -4.37. The summed E-state index contributed by atoms with van der Waals surface area (Å²) in [5.41, 5.74) is 7.33. The third-order valence-corrected chi connectivity index (χ3v) is 3.35. The van der Waals surface area contributed by atoms with Gasteiger partial charge >= 0.3 is 6.18 Å². The third kappa shape index (κ3) is 2.33. The molecule has 1 heterocycles. The minimum Gasteiger partial charge on any atom is -0.399 e. The van der Waals surface area contributed by atoms with Crippen LogP contribution < -0.4 is 5.73 Å². The number of imidazole rings is 1. The first-order valence-corrected chi connectivity index (χ1v) is 6.26. The maximum Gasteiger partial charge on any atom is 0.416 e. The lowest BCUT2D eigenvalue weighted by atomic mass is 10.2. The molecule has 0 amide bonds. The second-order valence-electron chi connectivity index (χ2n) is 4.82. The van der Waals surface area contributed by atoms with Crippen molar-refractivity contribution in [2.24, 2.45) is 7.05 Å². The van der Waals surface area contributed by atoms with Crippen molar-refractivity contribution in [1.29, 1.82) is 0 Å². The second kappa shape index (κ2) is 4.51. The number of alkyl halides is 3. The first-order chi connectivity index (χ1) is 9.86. The molecule has 2 aromatic carbocycles. The number of hydrogen-bond acceptors (Lipinski definition) is 2. The minimum absolute atomic E-state index is 0.310. The van der Waals surface area contributed by atoms with Gasteiger partial charge in [0.15, 0.2) is 0 Å². The summed E-state index contributed by atoms with van der Waals surface area (Å²) in [4.78, 5) is 4.31. The van der Waals surface area contributed by atoms with Crippen LogP contribution in [0.5, 0.6) is 0 Å². The smallest absolute Gasteiger partial charge is 0.399 e. The zero-order valence-corrected chi connectivity index (χ0v) is 11.1. The number of anilines is 1. The Hall–Kier alpha value is -2.50. The Kier molecular flexibility index (Phi) is 2.90. The van der Waals surface area contributed by atoms with Crippen LogP contribution in [-0.2, 0) is 13.2 Å². The van der Waals surface area contributed by atoms with Crippen LogP contribution in [-0.4, -0.2) is 9.55 Å². The molecular weight excluding hydrogens is 279 g/mol. The van der Waals surface area contributed by atoms with Gasteiger partial charge in [-0.25, -0.2) is 4.98 Å². The number of aromatic nitrogens is 2. The molecule has 0 saturated carbocycles. The Morgan fingerprint density at radius 2 is 1.86 bits per heavy atom. The molecule has 0 fully saturated rings. The highest BCUT2D eigenvalue weighted by molar-refractivity contribution is 5.81. The Morgan fingerprint density at radius 3 is 2.52 bits per heavy atom. The number of rotatable bonds is 1. The van der Waals surface area contributed by atoms with E-state index in [0.29, 0.717) is 22.5 Å². The standard InChI is InChI=1S/C15H12F3N3/c1-21-13-6-5-10(15(16,17)18)8-12(13)20-14(21)9-3-2-4-11(19)7-9/h2-8H,19H2,1H3. The molecule has 0 atom stereocenters.